The second-order valence-electron chi connectivity index (χ2n) is 13.6. The van der Waals surface area contributed by atoms with Crippen molar-refractivity contribution < 1.29 is 23.1 Å². The number of aromatic nitrogens is 2. The van der Waals surface area contributed by atoms with E-state index < -0.39 is 23.3 Å². The summed E-state index contributed by atoms with van der Waals surface area (Å²) >= 11 is 7.80. The van der Waals surface area contributed by atoms with Gasteiger partial charge < -0.3 is 25.1 Å². The van der Waals surface area contributed by atoms with Gasteiger partial charge in [0.05, 0.1) is 51.9 Å². The SMILES string of the molecule is CON1CCC[C@H]1[C@H](C)Oc1nc(N2CCC3(CCN3C(=O)[C@@H]3C[C@H]3C#N)C2)c2cc(Cl)c(-c3ccc(F)c4sc(N)c(C#N)c34)c(F)c2n1. The predicted molar refractivity (Wildman–Crippen MR) is 184 cm³/mol. The summed E-state index contributed by atoms with van der Waals surface area (Å²) < 4.78 is 38.5. The molecule has 1 aliphatic carbocycles. The molecule has 4 aliphatic rings. The molecule has 1 saturated carbocycles. The Morgan fingerprint density at radius 1 is 1.22 bits per heavy atom. The van der Waals surface area contributed by atoms with E-state index >= 15 is 4.39 Å². The van der Waals surface area contributed by atoms with Crippen molar-refractivity contribution in [2.75, 3.05) is 43.9 Å². The quantitative estimate of drug-likeness (QED) is 0.240. The molecule has 0 radical (unpaired) electrons. The molecule has 1 unspecified atom stereocenters. The number of anilines is 2. The van der Waals surface area contributed by atoms with Gasteiger partial charge in [0.1, 0.15) is 34.3 Å². The first kappa shape index (κ1) is 32.8. The lowest BCUT2D eigenvalue weighted by molar-refractivity contribution is -0.158. The molecule has 11 nitrogen and oxygen atoms in total. The van der Waals surface area contributed by atoms with E-state index in [2.05, 4.69) is 11.1 Å². The van der Waals surface area contributed by atoms with Gasteiger partial charge in [0, 0.05) is 42.5 Å². The lowest BCUT2D eigenvalue weighted by atomic mass is 9.83. The van der Waals surface area contributed by atoms with Crippen LogP contribution in [0, 0.1) is 46.1 Å². The molecule has 2 aromatic heterocycles. The average Bonchev–Trinajstić information content (AvgIpc) is 3.37. The Kier molecular flexibility index (Phi) is 7.99. The Labute approximate surface area is 295 Å². The van der Waals surface area contributed by atoms with Crippen LogP contribution in [0.1, 0.15) is 44.6 Å². The van der Waals surface area contributed by atoms with Gasteiger partial charge in [-0.3, -0.25) is 4.79 Å². The standard InChI is InChI=1S/C35H33ClF2N8O3S/c1-17(25-4-3-9-46(25)48-2)49-34-42-29-21(32(43-34)44-10-7-35(16-44)8-11-45(35)33(47)20-12-18(20)14-39)13-23(36)27(28(29)38)19-5-6-24(37)30-26(19)22(15-40)31(41)50-30/h5-6,13,17-18,20,25H,3-4,7-12,16,41H2,1-2H3/t17-,18-,20+,25-,35?/m0/s1. The summed E-state index contributed by atoms with van der Waals surface area (Å²) in [5, 5.41) is 21.7. The van der Waals surface area contributed by atoms with Crippen LogP contribution in [0.3, 0.4) is 0 Å². The van der Waals surface area contributed by atoms with E-state index in [0.29, 0.717) is 43.7 Å². The predicted octanol–water partition coefficient (Wildman–Crippen LogP) is 6.03. The maximum atomic E-state index is 17.1. The average molecular weight is 719 g/mol. The summed E-state index contributed by atoms with van der Waals surface area (Å²) in [5.74, 6) is -1.40. The molecule has 2 N–H and O–H groups in total. The molecule has 50 heavy (non-hydrogen) atoms. The number of hydrogen-bond donors (Lipinski definition) is 1. The summed E-state index contributed by atoms with van der Waals surface area (Å²) in [6.07, 6.45) is 3.44. The smallest absolute Gasteiger partial charge is 0.319 e. The Morgan fingerprint density at radius 3 is 2.72 bits per heavy atom. The number of ether oxygens (including phenoxy) is 1. The number of nitrogens with two attached hydrogens (primary N) is 1. The maximum Gasteiger partial charge on any atom is 0.319 e. The molecule has 258 valence electrons. The highest BCUT2D eigenvalue weighted by atomic mass is 35.5. The van der Waals surface area contributed by atoms with Crippen LogP contribution in [0.2, 0.25) is 5.02 Å². The monoisotopic (exact) mass is 718 g/mol. The van der Waals surface area contributed by atoms with Crippen LogP contribution in [0.15, 0.2) is 18.2 Å². The molecule has 2 aromatic carbocycles. The number of thiophene rings is 1. The first-order valence-electron chi connectivity index (χ1n) is 16.6. The molecule has 0 bridgehead atoms. The molecule has 15 heteroatoms. The Hall–Kier alpha value is -4.34. The van der Waals surface area contributed by atoms with Crippen molar-refractivity contribution in [3.8, 4) is 29.3 Å². The Balaban J connectivity index is 1.24. The molecular weight excluding hydrogens is 686 g/mol. The van der Waals surface area contributed by atoms with E-state index in [1.54, 1.807) is 13.2 Å². The van der Waals surface area contributed by atoms with Crippen LogP contribution < -0.4 is 15.4 Å². The lowest BCUT2D eigenvalue weighted by Crippen LogP contribution is -2.63. The van der Waals surface area contributed by atoms with Gasteiger partial charge in [-0.05, 0) is 56.7 Å². The number of benzene rings is 2. The van der Waals surface area contributed by atoms with Gasteiger partial charge in [-0.2, -0.15) is 25.6 Å². The van der Waals surface area contributed by atoms with Crippen LogP contribution >= 0.6 is 22.9 Å². The van der Waals surface area contributed by atoms with Crippen molar-refractivity contribution in [3.05, 3.63) is 40.4 Å². The van der Waals surface area contributed by atoms with Gasteiger partial charge in [-0.15, -0.1) is 11.3 Å². The van der Waals surface area contributed by atoms with E-state index in [-0.39, 0.29) is 72.1 Å². The minimum Gasteiger partial charge on any atom is -0.459 e. The summed E-state index contributed by atoms with van der Waals surface area (Å²) in [6, 6.07) is 8.33. The highest BCUT2D eigenvalue weighted by molar-refractivity contribution is 7.23. The number of halogens is 3. The van der Waals surface area contributed by atoms with E-state index in [1.807, 2.05) is 27.9 Å². The number of nitrogen functional groups attached to an aromatic ring is 1. The van der Waals surface area contributed by atoms with Crippen molar-refractivity contribution in [1.82, 2.24) is 19.9 Å². The van der Waals surface area contributed by atoms with Gasteiger partial charge >= 0.3 is 6.01 Å². The zero-order valence-corrected chi connectivity index (χ0v) is 29.0. The first-order chi connectivity index (χ1) is 24.1. The van der Waals surface area contributed by atoms with Crippen molar-refractivity contribution in [1.29, 1.82) is 10.5 Å². The van der Waals surface area contributed by atoms with Gasteiger partial charge in [-0.1, -0.05) is 17.7 Å². The van der Waals surface area contributed by atoms with Crippen molar-refractivity contribution in [2.45, 2.75) is 56.7 Å². The second kappa shape index (κ2) is 12.2. The summed E-state index contributed by atoms with van der Waals surface area (Å²) in [4.78, 5) is 32.2. The number of carbonyl (C=O) groups excluding carboxylic acids is 1. The third kappa shape index (κ3) is 5.03. The lowest BCUT2D eigenvalue weighted by Gasteiger charge is -2.51. The van der Waals surface area contributed by atoms with E-state index in [4.69, 9.17) is 31.9 Å². The highest BCUT2D eigenvalue weighted by Crippen LogP contribution is 2.49. The number of fused-ring (bicyclic) bond motifs is 2. The second-order valence-corrected chi connectivity index (χ2v) is 15.1. The number of rotatable bonds is 7. The van der Waals surface area contributed by atoms with E-state index in [9.17, 15) is 19.7 Å². The summed E-state index contributed by atoms with van der Waals surface area (Å²) in [5.41, 5.74) is 5.83. The highest BCUT2D eigenvalue weighted by Gasteiger charge is 2.56. The molecule has 8 rings (SSSR count). The zero-order valence-electron chi connectivity index (χ0n) is 27.4. The van der Waals surface area contributed by atoms with Crippen LogP contribution in [-0.4, -0.2) is 76.8 Å². The van der Waals surface area contributed by atoms with Crippen molar-refractivity contribution >= 4 is 60.7 Å². The van der Waals surface area contributed by atoms with Crippen LogP contribution in [-0.2, 0) is 9.63 Å². The van der Waals surface area contributed by atoms with E-state index in [0.717, 1.165) is 37.1 Å². The Bertz CT molecular complexity index is 2170. The van der Waals surface area contributed by atoms with Crippen molar-refractivity contribution in [3.63, 3.8) is 0 Å². The number of likely N-dealkylation sites (tertiary alicyclic amines) is 1. The topological polar surface area (TPSA) is 145 Å². The van der Waals surface area contributed by atoms with Crippen molar-refractivity contribution in [2.24, 2.45) is 11.8 Å². The molecule has 5 heterocycles. The van der Waals surface area contributed by atoms with E-state index in [1.165, 1.54) is 12.1 Å². The number of nitrogens with zero attached hydrogens (tertiary/aromatic N) is 7. The van der Waals surface area contributed by atoms with Gasteiger partial charge in [-0.25, -0.2) is 8.78 Å². The zero-order chi connectivity index (χ0) is 35.1. The molecule has 5 atom stereocenters. The van der Waals surface area contributed by atoms with Gasteiger partial charge in [0.15, 0.2) is 5.82 Å². The van der Waals surface area contributed by atoms with Gasteiger partial charge in [0.25, 0.3) is 0 Å². The number of nitriles is 2. The summed E-state index contributed by atoms with van der Waals surface area (Å²) in [7, 11) is 1.61. The van der Waals surface area contributed by atoms with Crippen LogP contribution in [0.4, 0.5) is 19.6 Å². The third-order valence-electron chi connectivity index (χ3n) is 10.9. The first-order valence-corrected chi connectivity index (χ1v) is 17.8. The molecule has 3 aliphatic heterocycles. The fourth-order valence-corrected chi connectivity index (χ4v) is 9.32. The normalized spacial score (nSPS) is 25.2. The molecular formula is C35H33ClF2N8O3S. The van der Waals surface area contributed by atoms with Crippen LogP contribution in [0.25, 0.3) is 32.1 Å². The number of carbonyl (C=O) groups is 1. The minimum absolute atomic E-state index is 0.0180. The van der Waals surface area contributed by atoms with Gasteiger partial charge in [0.2, 0.25) is 5.91 Å². The number of hydrogen-bond acceptors (Lipinski definition) is 11. The van der Waals surface area contributed by atoms with Crippen LogP contribution in [0.5, 0.6) is 6.01 Å². The molecule has 3 saturated heterocycles. The summed E-state index contributed by atoms with van der Waals surface area (Å²) in [6.45, 7) is 4.27. The Morgan fingerprint density at radius 2 is 2.02 bits per heavy atom. The third-order valence-corrected chi connectivity index (χ3v) is 12.2. The largest absolute Gasteiger partial charge is 0.459 e. The fourth-order valence-electron chi connectivity index (χ4n) is 8.07. The molecule has 1 amide bonds. The molecule has 4 aromatic rings. The molecule has 1 spiro atoms. The number of amides is 1. The maximum absolute atomic E-state index is 17.1. The fraction of sp³-hybridized carbons (Fsp3) is 0.457. The minimum atomic E-state index is -0.778. The number of hydroxylamine groups is 2. The molecule has 4 fully saturated rings.